The lowest BCUT2D eigenvalue weighted by Crippen LogP contribution is -2.34. The van der Waals surface area contributed by atoms with Crippen LogP contribution in [0.3, 0.4) is 0 Å². The molecule has 0 aliphatic heterocycles. The van der Waals surface area contributed by atoms with Crippen molar-refractivity contribution >= 4 is 17.7 Å². The van der Waals surface area contributed by atoms with E-state index in [0.717, 1.165) is 31.2 Å². The van der Waals surface area contributed by atoms with Gasteiger partial charge in [0.1, 0.15) is 5.60 Å². The van der Waals surface area contributed by atoms with Crippen molar-refractivity contribution in [2.75, 3.05) is 12.4 Å². The molecule has 1 saturated carbocycles. The molecular formula is C18H25NO4. The molecule has 1 fully saturated rings. The molecule has 1 aromatic rings. The van der Waals surface area contributed by atoms with Crippen molar-refractivity contribution in [3.05, 3.63) is 29.8 Å². The maximum absolute atomic E-state index is 12.2. The minimum absolute atomic E-state index is 0.178. The van der Waals surface area contributed by atoms with E-state index in [4.69, 9.17) is 9.47 Å². The molecule has 0 unspecified atom stereocenters. The molecule has 0 bridgehead atoms. The van der Waals surface area contributed by atoms with Gasteiger partial charge in [-0.1, -0.05) is 25.0 Å². The molecule has 0 aromatic heterocycles. The molecule has 126 valence electrons. The van der Waals surface area contributed by atoms with E-state index >= 15 is 0 Å². The number of esters is 1. The first-order valence-corrected chi connectivity index (χ1v) is 7.96. The van der Waals surface area contributed by atoms with Crippen LogP contribution in [0.1, 0.15) is 52.0 Å². The van der Waals surface area contributed by atoms with Gasteiger partial charge >= 0.3 is 12.1 Å². The first-order valence-electron chi connectivity index (χ1n) is 7.96. The van der Waals surface area contributed by atoms with Crippen LogP contribution in [-0.2, 0) is 19.7 Å². The highest BCUT2D eigenvalue weighted by Gasteiger charge is 2.43. The summed E-state index contributed by atoms with van der Waals surface area (Å²) in [5.41, 5.74) is 0.500. The Kier molecular flexibility index (Phi) is 4.97. The Balaban J connectivity index is 2.12. The molecule has 0 spiro atoms. The fourth-order valence-electron chi connectivity index (χ4n) is 3.08. The minimum atomic E-state index is -0.542. The normalized spacial score (nSPS) is 16.7. The number of hydrogen-bond acceptors (Lipinski definition) is 4. The van der Waals surface area contributed by atoms with Crippen LogP contribution in [-0.4, -0.2) is 24.8 Å². The molecule has 1 amide bonds. The van der Waals surface area contributed by atoms with Gasteiger partial charge in [0.2, 0.25) is 0 Å². The molecule has 1 aromatic carbocycles. The summed E-state index contributed by atoms with van der Waals surface area (Å²) in [5, 5.41) is 2.69. The largest absolute Gasteiger partial charge is 0.468 e. The summed E-state index contributed by atoms with van der Waals surface area (Å²) >= 11 is 0. The summed E-state index contributed by atoms with van der Waals surface area (Å²) in [6, 6.07) is 7.36. The number of hydrogen-bond donors (Lipinski definition) is 1. The Hall–Kier alpha value is -2.04. The summed E-state index contributed by atoms with van der Waals surface area (Å²) in [5.74, 6) is -0.178. The Morgan fingerprint density at radius 2 is 1.65 bits per heavy atom. The van der Waals surface area contributed by atoms with Gasteiger partial charge in [0.25, 0.3) is 0 Å². The zero-order valence-electron chi connectivity index (χ0n) is 14.3. The molecule has 0 radical (unpaired) electrons. The van der Waals surface area contributed by atoms with Crippen molar-refractivity contribution in [3.63, 3.8) is 0 Å². The van der Waals surface area contributed by atoms with Gasteiger partial charge in [0, 0.05) is 5.69 Å². The zero-order valence-corrected chi connectivity index (χ0v) is 14.3. The molecule has 0 heterocycles. The first-order chi connectivity index (χ1) is 10.8. The number of anilines is 1. The van der Waals surface area contributed by atoms with E-state index < -0.39 is 17.1 Å². The van der Waals surface area contributed by atoms with Gasteiger partial charge in [-0.25, -0.2) is 4.79 Å². The third-order valence-corrected chi connectivity index (χ3v) is 4.12. The third-order valence-electron chi connectivity index (χ3n) is 4.12. The summed E-state index contributed by atoms with van der Waals surface area (Å²) in [7, 11) is 1.43. The average Bonchev–Trinajstić information content (AvgIpc) is 2.96. The van der Waals surface area contributed by atoms with Crippen molar-refractivity contribution in [1.29, 1.82) is 0 Å². The number of ether oxygens (including phenoxy) is 2. The summed E-state index contributed by atoms with van der Waals surface area (Å²) in [6.45, 7) is 5.45. The van der Waals surface area contributed by atoms with Crippen molar-refractivity contribution in [3.8, 4) is 0 Å². The predicted octanol–water partition coefficient (Wildman–Crippen LogP) is 4.02. The van der Waals surface area contributed by atoms with Crippen LogP contribution in [0.15, 0.2) is 24.3 Å². The molecule has 1 N–H and O–H groups in total. The molecule has 1 aliphatic carbocycles. The van der Waals surface area contributed by atoms with E-state index in [2.05, 4.69) is 5.32 Å². The Morgan fingerprint density at radius 3 is 2.13 bits per heavy atom. The smallest absolute Gasteiger partial charge is 0.412 e. The Morgan fingerprint density at radius 1 is 1.09 bits per heavy atom. The SMILES string of the molecule is COC(=O)C1(c2ccc(NC(=O)OC(C)(C)C)cc2)CCCC1. The second-order valence-electron chi connectivity index (χ2n) is 6.99. The lowest BCUT2D eigenvalue weighted by molar-refractivity contribution is -0.147. The minimum Gasteiger partial charge on any atom is -0.468 e. The van der Waals surface area contributed by atoms with Crippen LogP contribution in [0, 0.1) is 0 Å². The molecule has 23 heavy (non-hydrogen) atoms. The second-order valence-corrected chi connectivity index (χ2v) is 6.99. The molecule has 0 atom stereocenters. The number of carbonyl (C=O) groups excluding carboxylic acids is 2. The summed E-state index contributed by atoms with van der Waals surface area (Å²) in [4.78, 5) is 24.0. The van der Waals surface area contributed by atoms with Crippen LogP contribution < -0.4 is 5.32 Å². The number of methoxy groups -OCH3 is 1. The molecule has 5 nitrogen and oxygen atoms in total. The highest BCUT2D eigenvalue weighted by atomic mass is 16.6. The van der Waals surface area contributed by atoms with E-state index in [1.165, 1.54) is 7.11 Å². The standard InChI is InChI=1S/C18H25NO4/c1-17(2,3)23-16(21)19-14-9-7-13(8-10-14)18(15(20)22-4)11-5-6-12-18/h7-10H,5-6,11-12H2,1-4H3,(H,19,21). The van der Waals surface area contributed by atoms with E-state index in [0.29, 0.717) is 5.69 Å². The topological polar surface area (TPSA) is 64.6 Å². The van der Waals surface area contributed by atoms with E-state index in [1.54, 1.807) is 12.1 Å². The summed E-state index contributed by atoms with van der Waals surface area (Å²) in [6.07, 6.45) is 3.16. The fraction of sp³-hybridized carbons (Fsp3) is 0.556. The maximum Gasteiger partial charge on any atom is 0.412 e. The van der Waals surface area contributed by atoms with Gasteiger partial charge in [0.15, 0.2) is 0 Å². The molecule has 5 heteroatoms. The van der Waals surface area contributed by atoms with Crippen LogP contribution in [0.25, 0.3) is 0 Å². The van der Waals surface area contributed by atoms with Gasteiger partial charge in [0.05, 0.1) is 12.5 Å². The number of nitrogens with one attached hydrogen (secondary N) is 1. The average molecular weight is 319 g/mol. The van der Waals surface area contributed by atoms with Crippen molar-refractivity contribution in [2.45, 2.75) is 57.5 Å². The summed E-state index contributed by atoms with van der Waals surface area (Å²) < 4.78 is 10.2. The predicted molar refractivity (Wildman–Crippen MR) is 88.5 cm³/mol. The quantitative estimate of drug-likeness (QED) is 0.855. The maximum atomic E-state index is 12.2. The van der Waals surface area contributed by atoms with Gasteiger partial charge < -0.3 is 9.47 Å². The fourth-order valence-corrected chi connectivity index (χ4v) is 3.08. The van der Waals surface area contributed by atoms with Crippen LogP contribution in [0.2, 0.25) is 0 Å². The van der Waals surface area contributed by atoms with Crippen LogP contribution >= 0.6 is 0 Å². The Bertz CT molecular complexity index is 566. The van der Waals surface area contributed by atoms with Crippen molar-refractivity contribution < 1.29 is 19.1 Å². The third kappa shape index (κ3) is 4.03. The van der Waals surface area contributed by atoms with Crippen molar-refractivity contribution in [1.82, 2.24) is 0 Å². The lowest BCUT2D eigenvalue weighted by atomic mass is 9.79. The van der Waals surface area contributed by atoms with Crippen LogP contribution in [0.4, 0.5) is 10.5 Å². The highest BCUT2D eigenvalue weighted by molar-refractivity contribution is 5.86. The van der Waals surface area contributed by atoms with E-state index in [1.807, 2.05) is 32.9 Å². The number of benzene rings is 1. The van der Waals surface area contributed by atoms with Crippen molar-refractivity contribution in [2.24, 2.45) is 0 Å². The van der Waals surface area contributed by atoms with Gasteiger partial charge in [-0.05, 0) is 51.3 Å². The second kappa shape index (κ2) is 6.60. The zero-order chi connectivity index (χ0) is 17.1. The molecular weight excluding hydrogens is 294 g/mol. The highest BCUT2D eigenvalue weighted by Crippen LogP contribution is 2.42. The van der Waals surface area contributed by atoms with Gasteiger partial charge in [-0.3, -0.25) is 10.1 Å². The van der Waals surface area contributed by atoms with Crippen LogP contribution in [0.5, 0.6) is 0 Å². The molecule has 1 aliphatic rings. The monoisotopic (exact) mass is 319 g/mol. The number of rotatable bonds is 3. The van der Waals surface area contributed by atoms with Gasteiger partial charge in [-0.15, -0.1) is 0 Å². The molecule has 0 saturated heterocycles. The number of amides is 1. The van der Waals surface area contributed by atoms with E-state index in [-0.39, 0.29) is 5.97 Å². The Labute approximate surface area is 137 Å². The number of carbonyl (C=O) groups is 2. The van der Waals surface area contributed by atoms with E-state index in [9.17, 15) is 9.59 Å². The lowest BCUT2D eigenvalue weighted by Gasteiger charge is -2.26. The first kappa shape index (κ1) is 17.3. The van der Waals surface area contributed by atoms with Gasteiger partial charge in [-0.2, -0.15) is 0 Å². The molecule has 2 rings (SSSR count).